The van der Waals surface area contributed by atoms with Crippen molar-refractivity contribution in [3.8, 4) is 0 Å². The van der Waals surface area contributed by atoms with Gasteiger partial charge in [0.15, 0.2) is 0 Å². The summed E-state index contributed by atoms with van der Waals surface area (Å²) >= 11 is 0. The van der Waals surface area contributed by atoms with Crippen LogP contribution in [0.25, 0.3) is 0 Å². The fraction of sp³-hybridized carbons (Fsp3) is 0.353. The monoisotopic (exact) mass is 420 g/mol. The van der Waals surface area contributed by atoms with Gasteiger partial charge in [-0.1, -0.05) is 30.3 Å². The van der Waals surface area contributed by atoms with Crippen molar-refractivity contribution in [1.29, 1.82) is 0 Å². The molecule has 0 atom stereocenters. The molecule has 0 saturated heterocycles. The number of hydrogen-bond acceptors (Lipinski definition) is 4. The molecule has 2 aromatic rings. The summed E-state index contributed by atoms with van der Waals surface area (Å²) in [5.41, 5.74) is -8.94. The van der Waals surface area contributed by atoms with E-state index in [1.54, 1.807) is 18.2 Å². The van der Waals surface area contributed by atoms with E-state index in [2.05, 4.69) is 10.3 Å². The van der Waals surface area contributed by atoms with E-state index in [-0.39, 0.29) is 4.57 Å². The number of rotatable bonds is 2. The third-order valence-electron chi connectivity index (χ3n) is 4.63. The Morgan fingerprint density at radius 2 is 1.52 bits per heavy atom. The van der Waals surface area contributed by atoms with Crippen molar-refractivity contribution < 1.29 is 26.3 Å². The summed E-state index contributed by atoms with van der Waals surface area (Å²) in [6.07, 6.45) is -12.4. The number of hydrogen-bond donors (Lipinski definition) is 1. The van der Waals surface area contributed by atoms with Crippen molar-refractivity contribution in [2.24, 2.45) is 19.1 Å². The van der Waals surface area contributed by atoms with Gasteiger partial charge in [0, 0.05) is 20.5 Å². The third kappa shape index (κ3) is 3.02. The van der Waals surface area contributed by atoms with Crippen LogP contribution in [0.5, 0.6) is 0 Å². The van der Waals surface area contributed by atoms with Gasteiger partial charge in [0.2, 0.25) is 0 Å². The van der Waals surface area contributed by atoms with E-state index in [1.165, 1.54) is 12.1 Å². The Hall–Kier alpha value is -3.05. The van der Waals surface area contributed by atoms with Crippen molar-refractivity contribution in [2.45, 2.75) is 24.3 Å². The van der Waals surface area contributed by atoms with Crippen molar-refractivity contribution >= 4 is 11.7 Å². The summed E-state index contributed by atoms with van der Waals surface area (Å²) in [4.78, 5) is 27.5. The maximum Gasteiger partial charge on any atom is 0.427 e. The van der Waals surface area contributed by atoms with Crippen LogP contribution < -0.4 is 16.6 Å². The van der Waals surface area contributed by atoms with Crippen LogP contribution in [0.15, 0.2) is 44.9 Å². The van der Waals surface area contributed by atoms with E-state index in [9.17, 15) is 35.9 Å². The summed E-state index contributed by atoms with van der Waals surface area (Å²) in [5, 5.41) is 2.32. The van der Waals surface area contributed by atoms with Gasteiger partial charge in [-0.3, -0.25) is 13.9 Å². The van der Waals surface area contributed by atoms with Gasteiger partial charge in [-0.2, -0.15) is 26.3 Å². The van der Waals surface area contributed by atoms with Gasteiger partial charge >= 0.3 is 18.0 Å². The van der Waals surface area contributed by atoms with Crippen LogP contribution in [0.1, 0.15) is 11.1 Å². The van der Waals surface area contributed by atoms with E-state index in [4.69, 9.17) is 0 Å². The molecule has 0 bridgehead atoms. The lowest BCUT2D eigenvalue weighted by molar-refractivity contribution is -0.301. The second-order valence-electron chi connectivity index (χ2n) is 6.48. The summed E-state index contributed by atoms with van der Waals surface area (Å²) < 4.78 is 84.3. The summed E-state index contributed by atoms with van der Waals surface area (Å²) in [5.74, 6) is -1.57. The lowest BCUT2D eigenvalue weighted by Gasteiger charge is -2.38. The first-order valence-corrected chi connectivity index (χ1v) is 8.15. The van der Waals surface area contributed by atoms with E-state index in [0.29, 0.717) is 10.1 Å². The Kier molecular flexibility index (Phi) is 4.63. The maximum absolute atomic E-state index is 13.9. The molecule has 12 heteroatoms. The Balaban J connectivity index is 2.41. The second kappa shape index (κ2) is 6.49. The Labute approximate surface area is 159 Å². The molecular weight excluding hydrogens is 406 g/mol. The normalized spacial score (nSPS) is 16.1. The molecule has 0 aliphatic carbocycles. The number of nitrogens with zero attached hydrogens (tertiary/aromatic N) is 3. The SMILES string of the molecule is Cn1c2c(c(=O)n(C)c1=O)C(C(F)(F)F)(C(F)(F)F)N=C(Cc1ccccc1)N2. The van der Waals surface area contributed by atoms with Crippen LogP contribution in [-0.2, 0) is 26.1 Å². The number of aliphatic imine (C=N–C) groups is 1. The van der Waals surface area contributed by atoms with Gasteiger partial charge in [0.25, 0.3) is 11.1 Å². The average Bonchev–Trinajstić information content (AvgIpc) is 2.63. The molecule has 1 N–H and O–H groups in total. The van der Waals surface area contributed by atoms with Crippen LogP contribution in [0.2, 0.25) is 0 Å². The summed E-state index contributed by atoms with van der Waals surface area (Å²) in [7, 11) is 1.77. The Morgan fingerprint density at radius 3 is 2.03 bits per heavy atom. The predicted molar refractivity (Wildman–Crippen MR) is 91.9 cm³/mol. The van der Waals surface area contributed by atoms with Crippen molar-refractivity contribution in [3.63, 3.8) is 0 Å². The third-order valence-corrected chi connectivity index (χ3v) is 4.63. The number of aromatic nitrogens is 2. The number of fused-ring (bicyclic) bond motifs is 1. The highest BCUT2D eigenvalue weighted by atomic mass is 19.4. The predicted octanol–water partition coefficient (Wildman–Crippen LogP) is 2.47. The second-order valence-corrected chi connectivity index (χ2v) is 6.48. The minimum atomic E-state index is -5.99. The quantitative estimate of drug-likeness (QED) is 0.760. The average molecular weight is 420 g/mol. The molecule has 0 radical (unpaired) electrons. The van der Waals surface area contributed by atoms with Crippen molar-refractivity contribution in [2.75, 3.05) is 5.32 Å². The number of anilines is 1. The molecule has 29 heavy (non-hydrogen) atoms. The van der Waals surface area contributed by atoms with Crippen LogP contribution in [0.3, 0.4) is 0 Å². The van der Waals surface area contributed by atoms with Crippen molar-refractivity contribution in [1.82, 2.24) is 9.13 Å². The van der Waals surface area contributed by atoms with E-state index in [0.717, 1.165) is 14.1 Å². The largest absolute Gasteiger partial charge is 0.427 e. The smallest absolute Gasteiger partial charge is 0.329 e. The van der Waals surface area contributed by atoms with Gasteiger partial charge in [-0.25, -0.2) is 9.79 Å². The molecule has 1 aromatic carbocycles. The number of nitrogens with one attached hydrogen (secondary N) is 1. The molecule has 0 fully saturated rings. The number of halogens is 6. The minimum Gasteiger partial charge on any atom is -0.329 e. The number of alkyl halides is 6. The first-order chi connectivity index (χ1) is 13.3. The van der Waals surface area contributed by atoms with E-state index < -0.39 is 52.8 Å². The van der Waals surface area contributed by atoms with E-state index in [1.807, 2.05) is 0 Å². The molecule has 1 aromatic heterocycles. The van der Waals surface area contributed by atoms with Gasteiger partial charge in [0.1, 0.15) is 17.2 Å². The zero-order valence-electron chi connectivity index (χ0n) is 15.0. The van der Waals surface area contributed by atoms with Crippen molar-refractivity contribution in [3.05, 3.63) is 62.3 Å². The van der Waals surface area contributed by atoms with Crippen LogP contribution in [0.4, 0.5) is 32.2 Å². The molecule has 156 valence electrons. The zero-order valence-corrected chi connectivity index (χ0v) is 15.0. The molecule has 1 aliphatic rings. The molecule has 2 heterocycles. The minimum absolute atomic E-state index is 0.185. The summed E-state index contributed by atoms with van der Waals surface area (Å²) in [6.45, 7) is 0. The standard InChI is InChI=1S/C17H14F6N4O2/c1-26-12-11(13(28)27(2)14(26)29)15(16(18,19)20,17(21,22)23)25-10(24-12)8-9-6-4-3-5-7-9/h3-7H,8H2,1-2H3,(H,24,25). The molecular formula is C17H14F6N4O2. The summed E-state index contributed by atoms with van der Waals surface area (Å²) in [6, 6.07) is 7.72. The van der Waals surface area contributed by atoms with Crippen LogP contribution >= 0.6 is 0 Å². The Bertz CT molecular complexity index is 1080. The van der Waals surface area contributed by atoms with Crippen LogP contribution in [-0.4, -0.2) is 27.3 Å². The zero-order chi connectivity index (χ0) is 21.8. The molecule has 0 saturated carbocycles. The Morgan fingerprint density at radius 1 is 0.966 bits per heavy atom. The molecule has 3 rings (SSSR count). The molecule has 0 spiro atoms. The molecule has 6 nitrogen and oxygen atoms in total. The fourth-order valence-corrected chi connectivity index (χ4v) is 3.18. The van der Waals surface area contributed by atoms with Gasteiger partial charge in [0.05, 0.1) is 0 Å². The van der Waals surface area contributed by atoms with Gasteiger partial charge in [-0.15, -0.1) is 0 Å². The highest BCUT2D eigenvalue weighted by Crippen LogP contribution is 2.55. The molecule has 0 amide bonds. The maximum atomic E-state index is 13.9. The van der Waals surface area contributed by atoms with Gasteiger partial charge < -0.3 is 5.32 Å². The topological polar surface area (TPSA) is 68.4 Å². The molecule has 0 unspecified atom stereocenters. The first kappa shape index (κ1) is 20.7. The van der Waals surface area contributed by atoms with E-state index >= 15 is 0 Å². The lowest BCUT2D eigenvalue weighted by atomic mass is 9.87. The first-order valence-electron chi connectivity index (χ1n) is 8.15. The molecule has 1 aliphatic heterocycles. The highest BCUT2D eigenvalue weighted by molar-refractivity contribution is 5.99. The van der Waals surface area contributed by atoms with Crippen LogP contribution in [0, 0.1) is 0 Å². The lowest BCUT2D eigenvalue weighted by Crippen LogP contribution is -2.60. The number of benzene rings is 1. The van der Waals surface area contributed by atoms with Gasteiger partial charge in [-0.05, 0) is 5.56 Å². The fourth-order valence-electron chi connectivity index (χ4n) is 3.18. The highest BCUT2D eigenvalue weighted by Gasteiger charge is 2.75. The number of amidine groups is 1.